The van der Waals surface area contributed by atoms with Crippen molar-refractivity contribution in [2.75, 3.05) is 13.1 Å². The summed E-state index contributed by atoms with van der Waals surface area (Å²) in [6.07, 6.45) is 7.20. The molecule has 140 valence electrons. The van der Waals surface area contributed by atoms with Crippen molar-refractivity contribution in [2.24, 2.45) is 7.05 Å². The van der Waals surface area contributed by atoms with Gasteiger partial charge in [0.1, 0.15) is 11.6 Å². The fraction of sp³-hybridized carbons (Fsp3) is 0.444. The van der Waals surface area contributed by atoms with Gasteiger partial charge in [0, 0.05) is 44.6 Å². The maximum Gasteiger partial charge on any atom is 0.274 e. The molecule has 0 aliphatic carbocycles. The molecule has 3 aromatic rings. The van der Waals surface area contributed by atoms with Crippen LogP contribution in [0.5, 0.6) is 0 Å². The highest BCUT2D eigenvalue weighted by Crippen LogP contribution is 2.26. The second-order valence-electron chi connectivity index (χ2n) is 6.84. The van der Waals surface area contributed by atoms with Crippen molar-refractivity contribution in [3.8, 4) is 0 Å². The van der Waals surface area contributed by atoms with E-state index in [1.54, 1.807) is 24.5 Å². The lowest BCUT2D eigenvalue weighted by Gasteiger charge is -2.31. The Labute approximate surface area is 157 Å². The number of hydrogen-bond acceptors (Lipinski definition) is 6. The first-order valence-corrected chi connectivity index (χ1v) is 9.06. The van der Waals surface area contributed by atoms with Gasteiger partial charge in [0.05, 0.1) is 6.54 Å². The highest BCUT2D eigenvalue weighted by atomic mass is 16.2. The fourth-order valence-corrected chi connectivity index (χ4v) is 3.54. The molecule has 27 heavy (non-hydrogen) atoms. The van der Waals surface area contributed by atoms with E-state index in [0.29, 0.717) is 18.8 Å². The van der Waals surface area contributed by atoms with Crippen molar-refractivity contribution in [3.63, 3.8) is 0 Å². The van der Waals surface area contributed by atoms with Crippen LogP contribution in [0, 0.1) is 6.92 Å². The number of likely N-dealkylation sites (tertiary alicyclic amines) is 1. The molecule has 1 fully saturated rings. The van der Waals surface area contributed by atoms with Crippen LogP contribution in [0.2, 0.25) is 0 Å². The Morgan fingerprint density at radius 1 is 1.26 bits per heavy atom. The molecule has 1 aliphatic rings. The number of nitrogens with zero attached hydrogens (tertiary/aromatic N) is 8. The van der Waals surface area contributed by atoms with Crippen LogP contribution in [-0.2, 0) is 13.6 Å². The number of piperidine rings is 1. The number of carbonyl (C=O) groups excluding carboxylic acids is 1. The molecule has 4 heterocycles. The van der Waals surface area contributed by atoms with Crippen molar-refractivity contribution >= 4 is 5.91 Å². The maximum absolute atomic E-state index is 12.7. The van der Waals surface area contributed by atoms with Crippen LogP contribution < -0.4 is 0 Å². The van der Waals surface area contributed by atoms with Gasteiger partial charge in [-0.25, -0.2) is 4.98 Å². The number of aryl methyl sites for hydroxylation is 1. The molecule has 1 amide bonds. The predicted octanol–water partition coefficient (Wildman–Crippen LogP) is 1.18. The summed E-state index contributed by atoms with van der Waals surface area (Å²) in [5.74, 6) is 2.82. The lowest BCUT2D eigenvalue weighted by atomic mass is 9.97. The Kier molecular flexibility index (Phi) is 4.66. The summed E-state index contributed by atoms with van der Waals surface area (Å²) in [6, 6.07) is 3.43. The third-order valence-electron chi connectivity index (χ3n) is 5.10. The lowest BCUT2D eigenvalue weighted by molar-refractivity contribution is 0.0696. The second-order valence-corrected chi connectivity index (χ2v) is 6.84. The Morgan fingerprint density at radius 2 is 2.15 bits per heavy atom. The van der Waals surface area contributed by atoms with Gasteiger partial charge in [-0.3, -0.25) is 4.79 Å². The maximum atomic E-state index is 12.7. The predicted molar refractivity (Wildman–Crippen MR) is 97.0 cm³/mol. The molecular formula is C18H22N8O. The summed E-state index contributed by atoms with van der Waals surface area (Å²) in [5.41, 5.74) is 0.382. The highest BCUT2D eigenvalue weighted by molar-refractivity contribution is 5.92. The number of rotatable bonds is 4. The van der Waals surface area contributed by atoms with Gasteiger partial charge >= 0.3 is 0 Å². The number of amides is 1. The van der Waals surface area contributed by atoms with Crippen LogP contribution in [0.25, 0.3) is 0 Å². The molecule has 3 aromatic heterocycles. The highest BCUT2D eigenvalue weighted by Gasteiger charge is 2.29. The Balaban J connectivity index is 1.50. The minimum absolute atomic E-state index is 0.0794. The second kappa shape index (κ2) is 7.26. The molecule has 0 unspecified atom stereocenters. The molecule has 4 rings (SSSR count). The monoisotopic (exact) mass is 366 g/mol. The molecule has 0 saturated carbocycles. The fourth-order valence-electron chi connectivity index (χ4n) is 3.54. The van der Waals surface area contributed by atoms with Crippen LogP contribution >= 0.6 is 0 Å². The Morgan fingerprint density at radius 3 is 2.89 bits per heavy atom. The molecule has 1 saturated heterocycles. The van der Waals surface area contributed by atoms with Crippen molar-refractivity contribution in [1.82, 2.24) is 39.4 Å². The van der Waals surface area contributed by atoms with Crippen molar-refractivity contribution in [1.29, 1.82) is 0 Å². The molecule has 0 spiro atoms. The summed E-state index contributed by atoms with van der Waals surface area (Å²) in [6.45, 7) is 3.94. The lowest BCUT2D eigenvalue weighted by Crippen LogP contribution is -2.40. The van der Waals surface area contributed by atoms with E-state index in [4.69, 9.17) is 0 Å². The number of carbonyl (C=O) groups is 1. The van der Waals surface area contributed by atoms with Crippen LogP contribution in [0.15, 0.2) is 30.7 Å². The SMILES string of the molecule is Cc1nccn1Cc1nnc([C@H]2CCCN(C(=O)c3cccnn3)C2)n1C. The average Bonchev–Trinajstić information content (AvgIpc) is 3.28. The topological polar surface area (TPSA) is 94.6 Å². The normalized spacial score (nSPS) is 17.3. The van der Waals surface area contributed by atoms with Crippen molar-refractivity contribution < 1.29 is 4.79 Å². The van der Waals surface area contributed by atoms with Gasteiger partial charge in [-0.05, 0) is 31.9 Å². The summed E-state index contributed by atoms with van der Waals surface area (Å²) in [5, 5.41) is 16.5. The number of aromatic nitrogens is 7. The van der Waals surface area contributed by atoms with E-state index >= 15 is 0 Å². The zero-order chi connectivity index (χ0) is 18.8. The van der Waals surface area contributed by atoms with Gasteiger partial charge in [-0.1, -0.05) is 0 Å². The van der Waals surface area contributed by atoms with E-state index in [0.717, 1.165) is 36.9 Å². The zero-order valence-electron chi connectivity index (χ0n) is 15.5. The first kappa shape index (κ1) is 17.3. The van der Waals surface area contributed by atoms with Crippen LogP contribution in [0.4, 0.5) is 0 Å². The molecular weight excluding hydrogens is 344 g/mol. The zero-order valence-corrected chi connectivity index (χ0v) is 15.5. The quantitative estimate of drug-likeness (QED) is 0.688. The van der Waals surface area contributed by atoms with Crippen molar-refractivity contribution in [3.05, 3.63) is 53.9 Å². The largest absolute Gasteiger partial charge is 0.337 e. The van der Waals surface area contributed by atoms with E-state index in [9.17, 15) is 4.79 Å². The van der Waals surface area contributed by atoms with Gasteiger partial charge in [0.25, 0.3) is 5.91 Å². The number of imidazole rings is 1. The minimum atomic E-state index is -0.0794. The summed E-state index contributed by atoms with van der Waals surface area (Å²) < 4.78 is 4.08. The third-order valence-corrected chi connectivity index (χ3v) is 5.10. The summed E-state index contributed by atoms with van der Waals surface area (Å²) in [4.78, 5) is 18.8. The average molecular weight is 366 g/mol. The molecule has 0 radical (unpaired) electrons. The summed E-state index contributed by atoms with van der Waals surface area (Å²) >= 11 is 0. The molecule has 0 aromatic carbocycles. The van der Waals surface area contributed by atoms with E-state index in [-0.39, 0.29) is 11.8 Å². The molecule has 9 nitrogen and oxygen atoms in total. The smallest absolute Gasteiger partial charge is 0.274 e. The molecule has 0 N–H and O–H groups in total. The first-order chi connectivity index (χ1) is 13.1. The Hall–Kier alpha value is -3.10. The van der Waals surface area contributed by atoms with Gasteiger partial charge in [0.15, 0.2) is 11.5 Å². The standard InChI is InChI=1S/C18H22N8O/c1-13-19-8-10-25(13)12-16-22-23-17(24(16)2)14-5-4-9-26(11-14)18(27)15-6-3-7-20-21-15/h3,6-8,10,14H,4-5,9,11-12H2,1-2H3/t14-/m0/s1. The third kappa shape index (κ3) is 3.44. The molecule has 1 aliphatic heterocycles. The molecule has 0 bridgehead atoms. The van der Waals surface area contributed by atoms with Gasteiger partial charge in [-0.2, -0.15) is 5.10 Å². The number of hydrogen-bond donors (Lipinski definition) is 0. The summed E-state index contributed by atoms with van der Waals surface area (Å²) in [7, 11) is 1.99. The van der Waals surface area contributed by atoms with E-state index in [2.05, 4.69) is 25.4 Å². The van der Waals surface area contributed by atoms with Crippen LogP contribution in [-0.4, -0.2) is 58.4 Å². The van der Waals surface area contributed by atoms with Crippen LogP contribution in [0.1, 0.15) is 46.7 Å². The van der Waals surface area contributed by atoms with Crippen LogP contribution in [0.3, 0.4) is 0 Å². The van der Waals surface area contributed by atoms with Gasteiger partial charge in [0.2, 0.25) is 0 Å². The van der Waals surface area contributed by atoms with E-state index in [1.807, 2.05) is 34.2 Å². The van der Waals surface area contributed by atoms with Gasteiger partial charge in [-0.15, -0.1) is 15.3 Å². The molecule has 1 atom stereocenters. The van der Waals surface area contributed by atoms with E-state index in [1.165, 1.54) is 0 Å². The van der Waals surface area contributed by atoms with Gasteiger partial charge < -0.3 is 14.0 Å². The van der Waals surface area contributed by atoms with E-state index < -0.39 is 0 Å². The molecule has 9 heteroatoms. The first-order valence-electron chi connectivity index (χ1n) is 9.06. The minimum Gasteiger partial charge on any atom is -0.337 e. The Bertz CT molecular complexity index is 932. The van der Waals surface area contributed by atoms with Crippen molar-refractivity contribution in [2.45, 2.75) is 32.2 Å².